The zero-order chi connectivity index (χ0) is 15.1. The highest BCUT2D eigenvalue weighted by Crippen LogP contribution is 2.32. The van der Waals surface area contributed by atoms with Gasteiger partial charge in [0.2, 0.25) is 0 Å². The smallest absolute Gasteiger partial charge is 0.280 e. The Kier molecular flexibility index (Phi) is 5.73. The van der Waals surface area contributed by atoms with Gasteiger partial charge in [-0.3, -0.25) is 20.2 Å². The number of hydrogen-bond donors (Lipinski definition) is 1. The van der Waals surface area contributed by atoms with E-state index in [2.05, 4.69) is 0 Å². The first-order chi connectivity index (χ1) is 9.51. The summed E-state index contributed by atoms with van der Waals surface area (Å²) in [7, 11) is 0. The predicted octanol–water partition coefficient (Wildman–Crippen LogP) is 1.91. The summed E-state index contributed by atoms with van der Waals surface area (Å²) in [6, 6.07) is 3.33. The van der Waals surface area contributed by atoms with Crippen LogP contribution >= 0.6 is 0 Å². The summed E-state index contributed by atoms with van der Waals surface area (Å²) in [6.45, 7) is 0.480. The summed E-state index contributed by atoms with van der Waals surface area (Å²) in [5.41, 5.74) is 4.79. The van der Waals surface area contributed by atoms with Crippen molar-refractivity contribution in [2.24, 2.45) is 5.73 Å². The lowest BCUT2D eigenvalue weighted by atomic mass is 9.93. The van der Waals surface area contributed by atoms with E-state index in [9.17, 15) is 25.0 Å². The minimum absolute atomic E-state index is 0.202. The Labute approximate surface area is 114 Å². The van der Waals surface area contributed by atoms with Gasteiger partial charge in [0.1, 0.15) is 6.29 Å². The van der Waals surface area contributed by atoms with Crippen molar-refractivity contribution in [2.75, 3.05) is 6.54 Å². The average Bonchev–Trinajstić information content (AvgIpc) is 2.43. The molecule has 0 saturated carbocycles. The van der Waals surface area contributed by atoms with E-state index < -0.39 is 21.5 Å². The van der Waals surface area contributed by atoms with Crippen molar-refractivity contribution in [2.45, 2.75) is 25.2 Å². The highest BCUT2D eigenvalue weighted by Gasteiger charge is 2.24. The van der Waals surface area contributed by atoms with Crippen LogP contribution in [0.3, 0.4) is 0 Å². The lowest BCUT2D eigenvalue weighted by molar-refractivity contribution is -0.394. The van der Waals surface area contributed by atoms with Gasteiger partial charge >= 0.3 is 0 Å². The van der Waals surface area contributed by atoms with Crippen LogP contribution in [0.15, 0.2) is 18.2 Å². The van der Waals surface area contributed by atoms with Gasteiger partial charge in [0.15, 0.2) is 0 Å². The Hall–Kier alpha value is -2.35. The molecule has 108 valence electrons. The molecule has 1 atom stereocenters. The highest BCUT2D eigenvalue weighted by atomic mass is 16.6. The SMILES string of the molecule is NCCCC[C@H](C=O)c1ccc([N+](=O)[O-])cc1[N+](=O)[O-]. The van der Waals surface area contributed by atoms with Crippen molar-refractivity contribution >= 4 is 17.7 Å². The van der Waals surface area contributed by atoms with Crippen molar-refractivity contribution in [1.29, 1.82) is 0 Å². The first-order valence-electron chi connectivity index (χ1n) is 6.09. The van der Waals surface area contributed by atoms with E-state index in [4.69, 9.17) is 5.73 Å². The summed E-state index contributed by atoms with van der Waals surface area (Å²) in [5.74, 6) is -0.650. The maximum absolute atomic E-state index is 11.1. The molecule has 0 heterocycles. The zero-order valence-electron chi connectivity index (χ0n) is 10.7. The van der Waals surface area contributed by atoms with Gasteiger partial charge in [-0.05, 0) is 25.5 Å². The van der Waals surface area contributed by atoms with E-state index in [-0.39, 0.29) is 11.3 Å². The molecule has 0 aliphatic heterocycles. The number of unbranched alkanes of at least 4 members (excludes halogenated alkanes) is 1. The first kappa shape index (κ1) is 15.7. The third-order valence-corrected chi connectivity index (χ3v) is 2.95. The summed E-state index contributed by atoms with van der Waals surface area (Å²) in [6.07, 6.45) is 2.43. The van der Waals surface area contributed by atoms with Gasteiger partial charge in [-0.25, -0.2) is 0 Å². The van der Waals surface area contributed by atoms with Crippen molar-refractivity contribution in [1.82, 2.24) is 0 Å². The molecule has 8 heteroatoms. The summed E-state index contributed by atoms with van der Waals surface area (Å²) in [5, 5.41) is 21.6. The number of nitro benzene ring substituents is 2. The number of hydrogen-bond acceptors (Lipinski definition) is 6. The Balaban J connectivity index is 3.10. The molecule has 1 rings (SSSR count). The minimum atomic E-state index is -0.707. The minimum Gasteiger partial charge on any atom is -0.330 e. The summed E-state index contributed by atoms with van der Waals surface area (Å²) >= 11 is 0. The van der Waals surface area contributed by atoms with Crippen LogP contribution in [0.25, 0.3) is 0 Å². The third kappa shape index (κ3) is 3.82. The van der Waals surface area contributed by atoms with E-state index in [1.54, 1.807) is 0 Å². The molecule has 2 N–H and O–H groups in total. The normalized spacial score (nSPS) is 11.8. The Morgan fingerprint density at radius 3 is 2.40 bits per heavy atom. The third-order valence-electron chi connectivity index (χ3n) is 2.95. The molecular weight excluding hydrogens is 266 g/mol. The Morgan fingerprint density at radius 2 is 1.90 bits per heavy atom. The fourth-order valence-electron chi connectivity index (χ4n) is 1.92. The van der Waals surface area contributed by atoms with E-state index in [1.807, 2.05) is 0 Å². The van der Waals surface area contributed by atoms with Gasteiger partial charge in [0.25, 0.3) is 11.4 Å². The van der Waals surface area contributed by atoms with E-state index >= 15 is 0 Å². The molecule has 20 heavy (non-hydrogen) atoms. The van der Waals surface area contributed by atoms with E-state index in [0.29, 0.717) is 32.1 Å². The molecule has 0 spiro atoms. The lowest BCUT2D eigenvalue weighted by Crippen LogP contribution is -2.07. The van der Waals surface area contributed by atoms with Crippen LogP contribution in [-0.4, -0.2) is 22.7 Å². The van der Waals surface area contributed by atoms with Crippen LogP contribution in [-0.2, 0) is 4.79 Å². The van der Waals surface area contributed by atoms with Gasteiger partial charge < -0.3 is 10.5 Å². The lowest BCUT2D eigenvalue weighted by Gasteiger charge is -2.10. The number of aldehydes is 1. The van der Waals surface area contributed by atoms with Crippen molar-refractivity contribution in [3.8, 4) is 0 Å². The van der Waals surface area contributed by atoms with Gasteiger partial charge in [0.05, 0.1) is 15.9 Å². The average molecular weight is 281 g/mol. The second-order valence-corrected chi connectivity index (χ2v) is 4.28. The Morgan fingerprint density at radius 1 is 1.20 bits per heavy atom. The fourth-order valence-corrected chi connectivity index (χ4v) is 1.92. The number of carbonyl (C=O) groups is 1. The molecule has 0 aliphatic carbocycles. The van der Waals surface area contributed by atoms with Crippen LogP contribution in [0.4, 0.5) is 11.4 Å². The monoisotopic (exact) mass is 281 g/mol. The van der Waals surface area contributed by atoms with Crippen LogP contribution in [0, 0.1) is 20.2 Å². The first-order valence-corrected chi connectivity index (χ1v) is 6.09. The number of carbonyl (C=O) groups excluding carboxylic acids is 1. The van der Waals surface area contributed by atoms with Crippen LogP contribution in [0.1, 0.15) is 30.7 Å². The number of benzene rings is 1. The highest BCUT2D eigenvalue weighted by molar-refractivity contribution is 5.67. The quantitative estimate of drug-likeness (QED) is 0.335. The molecule has 0 saturated heterocycles. The maximum atomic E-state index is 11.1. The van der Waals surface area contributed by atoms with Gasteiger partial charge in [-0.15, -0.1) is 0 Å². The molecule has 0 radical (unpaired) electrons. The second-order valence-electron chi connectivity index (χ2n) is 4.28. The van der Waals surface area contributed by atoms with Gasteiger partial charge in [-0.1, -0.05) is 6.42 Å². The van der Waals surface area contributed by atoms with Crippen LogP contribution < -0.4 is 5.73 Å². The Bertz CT molecular complexity index is 518. The molecule has 0 aliphatic rings. The molecule has 0 unspecified atom stereocenters. The summed E-state index contributed by atoms with van der Waals surface area (Å²) in [4.78, 5) is 31.3. The number of nitro groups is 2. The molecule has 0 amide bonds. The summed E-state index contributed by atoms with van der Waals surface area (Å²) < 4.78 is 0. The standard InChI is InChI=1S/C12H15N3O5/c13-6-2-1-3-9(8-16)11-5-4-10(14(17)18)7-12(11)15(19)20/h4-5,7-9H,1-3,6,13H2/t9-/m1/s1. The number of rotatable bonds is 8. The van der Waals surface area contributed by atoms with E-state index in [0.717, 1.165) is 6.07 Å². The van der Waals surface area contributed by atoms with Gasteiger partial charge in [-0.2, -0.15) is 0 Å². The van der Waals surface area contributed by atoms with Crippen molar-refractivity contribution in [3.63, 3.8) is 0 Å². The second kappa shape index (κ2) is 7.29. The van der Waals surface area contributed by atoms with Gasteiger partial charge in [0, 0.05) is 17.5 Å². The van der Waals surface area contributed by atoms with Crippen LogP contribution in [0.5, 0.6) is 0 Å². The molecule has 1 aromatic rings. The molecule has 8 nitrogen and oxygen atoms in total. The molecule has 0 fully saturated rings. The molecule has 0 bridgehead atoms. The number of nitrogens with zero attached hydrogens (tertiary/aromatic N) is 2. The zero-order valence-corrected chi connectivity index (χ0v) is 10.7. The fraction of sp³-hybridized carbons (Fsp3) is 0.417. The van der Waals surface area contributed by atoms with Crippen LogP contribution in [0.2, 0.25) is 0 Å². The molecule has 0 aromatic heterocycles. The van der Waals surface area contributed by atoms with E-state index in [1.165, 1.54) is 12.1 Å². The number of nitrogens with two attached hydrogens (primary N) is 1. The molecular formula is C12H15N3O5. The topological polar surface area (TPSA) is 129 Å². The maximum Gasteiger partial charge on any atom is 0.280 e. The van der Waals surface area contributed by atoms with Crippen molar-refractivity contribution in [3.05, 3.63) is 44.0 Å². The van der Waals surface area contributed by atoms with Crippen molar-refractivity contribution < 1.29 is 14.6 Å². The predicted molar refractivity (Wildman–Crippen MR) is 71.5 cm³/mol. The largest absolute Gasteiger partial charge is 0.330 e. The number of non-ortho nitro benzene ring substituents is 1. The molecule has 1 aromatic carbocycles.